The van der Waals surface area contributed by atoms with E-state index in [0.717, 1.165) is 17.0 Å². The van der Waals surface area contributed by atoms with Crippen LogP contribution in [0.2, 0.25) is 5.02 Å². The van der Waals surface area contributed by atoms with E-state index in [1.54, 1.807) is 6.34 Å². The average Bonchev–Trinajstić information content (AvgIpc) is 2.29. The summed E-state index contributed by atoms with van der Waals surface area (Å²) in [6.45, 7) is 2.15. The highest BCUT2D eigenvalue weighted by atomic mass is 35.5. The summed E-state index contributed by atoms with van der Waals surface area (Å²) in [5.74, 6) is 0. The lowest BCUT2D eigenvalue weighted by Gasteiger charge is -2.21. The van der Waals surface area contributed by atoms with E-state index in [2.05, 4.69) is 23.3 Å². The lowest BCUT2D eigenvalue weighted by atomic mass is 9.97. The van der Waals surface area contributed by atoms with Crippen molar-refractivity contribution in [3.05, 3.63) is 41.1 Å². The fraction of sp³-hybridized carbons (Fsp3) is 0.250. The number of nitrogens with zero attached hydrogens (tertiary/aromatic N) is 1. The first-order chi connectivity index (χ1) is 7.31. The summed E-state index contributed by atoms with van der Waals surface area (Å²) in [7, 11) is 0. The molecule has 0 aromatic heterocycles. The molecule has 15 heavy (non-hydrogen) atoms. The molecular weight excluding hydrogens is 208 g/mol. The average molecular weight is 221 g/mol. The van der Waals surface area contributed by atoms with Gasteiger partial charge >= 0.3 is 0 Å². The van der Waals surface area contributed by atoms with Crippen LogP contribution in [0.25, 0.3) is 5.57 Å². The minimum atomic E-state index is 0.334. The minimum Gasteiger partial charge on any atom is -0.369 e. The van der Waals surface area contributed by atoms with Gasteiger partial charge in [-0.05, 0) is 29.7 Å². The molecule has 1 atom stereocenters. The lowest BCUT2D eigenvalue weighted by molar-refractivity contribution is 0.719. The Morgan fingerprint density at radius 1 is 1.47 bits per heavy atom. The largest absolute Gasteiger partial charge is 0.369 e. The highest BCUT2D eigenvalue weighted by molar-refractivity contribution is 6.30. The van der Waals surface area contributed by atoms with Crippen molar-refractivity contribution in [2.45, 2.75) is 19.4 Å². The van der Waals surface area contributed by atoms with Crippen LogP contribution < -0.4 is 5.32 Å². The van der Waals surface area contributed by atoms with Crippen LogP contribution >= 0.6 is 11.6 Å². The van der Waals surface area contributed by atoms with E-state index >= 15 is 0 Å². The van der Waals surface area contributed by atoms with Crippen LogP contribution in [-0.4, -0.2) is 12.4 Å². The molecule has 3 heteroatoms. The van der Waals surface area contributed by atoms with E-state index in [9.17, 15) is 0 Å². The van der Waals surface area contributed by atoms with Crippen molar-refractivity contribution in [1.82, 2.24) is 5.32 Å². The Morgan fingerprint density at radius 3 is 3.07 bits per heavy atom. The van der Waals surface area contributed by atoms with Crippen LogP contribution in [0.5, 0.6) is 0 Å². The zero-order valence-corrected chi connectivity index (χ0v) is 9.33. The fourth-order valence-corrected chi connectivity index (χ4v) is 1.90. The van der Waals surface area contributed by atoms with Crippen LogP contribution in [0.15, 0.2) is 35.5 Å². The predicted molar refractivity (Wildman–Crippen MR) is 65.1 cm³/mol. The molecule has 2 nitrogen and oxygen atoms in total. The van der Waals surface area contributed by atoms with Gasteiger partial charge in [-0.2, -0.15) is 0 Å². The monoisotopic (exact) mass is 220 g/mol. The summed E-state index contributed by atoms with van der Waals surface area (Å²) < 4.78 is 0. The number of nitrogens with one attached hydrogen (secondary N) is 1. The van der Waals surface area contributed by atoms with E-state index in [1.165, 1.54) is 5.57 Å². The second kappa shape index (κ2) is 4.49. The quantitative estimate of drug-likeness (QED) is 0.814. The van der Waals surface area contributed by atoms with Crippen molar-refractivity contribution in [3.63, 3.8) is 0 Å². The highest BCUT2D eigenvalue weighted by Gasteiger charge is 2.15. The van der Waals surface area contributed by atoms with E-state index in [1.807, 2.05) is 24.4 Å². The number of hydrogen-bond acceptors (Lipinski definition) is 2. The molecule has 1 N–H and O–H groups in total. The number of aliphatic imine (C=N–C) groups is 1. The van der Waals surface area contributed by atoms with Gasteiger partial charge in [0.05, 0.1) is 12.4 Å². The third kappa shape index (κ3) is 2.21. The Labute approximate surface area is 94.7 Å². The molecule has 0 bridgehead atoms. The SMILES string of the molecule is CCC1NC=NC=C1c1cccc(Cl)c1. The Bertz CT molecular complexity index is 410. The first kappa shape index (κ1) is 10.2. The van der Waals surface area contributed by atoms with E-state index in [-0.39, 0.29) is 0 Å². The highest BCUT2D eigenvalue weighted by Crippen LogP contribution is 2.24. The maximum absolute atomic E-state index is 5.97. The first-order valence-corrected chi connectivity index (χ1v) is 5.42. The second-order valence-corrected chi connectivity index (χ2v) is 3.94. The molecule has 0 amide bonds. The van der Waals surface area contributed by atoms with Crippen molar-refractivity contribution in [2.75, 3.05) is 0 Å². The second-order valence-electron chi connectivity index (χ2n) is 3.50. The van der Waals surface area contributed by atoms with Gasteiger partial charge in [-0.1, -0.05) is 30.7 Å². The molecule has 1 unspecified atom stereocenters. The number of benzene rings is 1. The molecule has 0 aliphatic carbocycles. The molecular formula is C12H13ClN2. The Hall–Kier alpha value is -1.28. The number of rotatable bonds is 2. The smallest absolute Gasteiger partial charge is 0.0883 e. The zero-order chi connectivity index (χ0) is 10.7. The van der Waals surface area contributed by atoms with Gasteiger partial charge in [0.15, 0.2) is 0 Å². The van der Waals surface area contributed by atoms with Gasteiger partial charge in [-0.15, -0.1) is 0 Å². The van der Waals surface area contributed by atoms with Crippen molar-refractivity contribution >= 4 is 23.5 Å². The van der Waals surface area contributed by atoms with Crippen molar-refractivity contribution in [2.24, 2.45) is 4.99 Å². The van der Waals surface area contributed by atoms with Gasteiger partial charge in [0.1, 0.15) is 0 Å². The molecule has 0 saturated carbocycles. The first-order valence-electron chi connectivity index (χ1n) is 5.05. The van der Waals surface area contributed by atoms with Crippen LogP contribution in [0, 0.1) is 0 Å². The molecule has 1 aromatic carbocycles. The third-order valence-electron chi connectivity index (χ3n) is 2.51. The van der Waals surface area contributed by atoms with Crippen LogP contribution in [0.3, 0.4) is 0 Å². The molecule has 2 rings (SSSR count). The van der Waals surface area contributed by atoms with E-state index in [0.29, 0.717) is 6.04 Å². The van der Waals surface area contributed by atoms with Crippen LogP contribution in [0.1, 0.15) is 18.9 Å². The van der Waals surface area contributed by atoms with E-state index < -0.39 is 0 Å². The maximum atomic E-state index is 5.97. The maximum Gasteiger partial charge on any atom is 0.0883 e. The van der Waals surface area contributed by atoms with E-state index in [4.69, 9.17) is 11.6 Å². The molecule has 0 saturated heterocycles. The van der Waals surface area contributed by atoms with Gasteiger partial charge in [0.25, 0.3) is 0 Å². The molecule has 1 aromatic rings. The van der Waals surface area contributed by atoms with Gasteiger partial charge in [-0.3, -0.25) is 0 Å². The van der Waals surface area contributed by atoms with Crippen molar-refractivity contribution < 1.29 is 0 Å². The normalized spacial score (nSPS) is 19.6. The van der Waals surface area contributed by atoms with Crippen LogP contribution in [-0.2, 0) is 0 Å². The van der Waals surface area contributed by atoms with Gasteiger partial charge in [-0.25, -0.2) is 4.99 Å². The van der Waals surface area contributed by atoms with Crippen molar-refractivity contribution in [1.29, 1.82) is 0 Å². The van der Waals surface area contributed by atoms with Crippen LogP contribution in [0.4, 0.5) is 0 Å². The Balaban J connectivity index is 2.36. The molecule has 78 valence electrons. The molecule has 1 heterocycles. The summed E-state index contributed by atoms with van der Waals surface area (Å²) >= 11 is 5.97. The molecule has 0 radical (unpaired) electrons. The summed E-state index contributed by atoms with van der Waals surface area (Å²) in [5, 5.41) is 4.00. The Kier molecular flexibility index (Phi) is 3.07. The molecule has 0 fully saturated rings. The van der Waals surface area contributed by atoms with Crippen molar-refractivity contribution in [3.8, 4) is 0 Å². The van der Waals surface area contributed by atoms with Gasteiger partial charge in [0.2, 0.25) is 0 Å². The number of hydrogen-bond donors (Lipinski definition) is 1. The molecule has 0 spiro atoms. The lowest BCUT2D eigenvalue weighted by Crippen LogP contribution is -2.30. The minimum absolute atomic E-state index is 0.334. The standard InChI is InChI=1S/C12H13ClN2/c1-2-12-11(7-14-8-15-12)9-4-3-5-10(13)6-9/h3-8,12H,2H2,1H3,(H,14,15). The third-order valence-corrected chi connectivity index (χ3v) is 2.74. The zero-order valence-electron chi connectivity index (χ0n) is 8.57. The van der Waals surface area contributed by atoms with Gasteiger partial charge < -0.3 is 5.32 Å². The topological polar surface area (TPSA) is 24.4 Å². The summed E-state index contributed by atoms with van der Waals surface area (Å²) in [6, 6.07) is 8.21. The molecule has 1 aliphatic rings. The fourth-order valence-electron chi connectivity index (χ4n) is 1.71. The summed E-state index contributed by atoms with van der Waals surface area (Å²) in [6.07, 6.45) is 4.67. The number of halogens is 1. The van der Waals surface area contributed by atoms with Gasteiger partial charge in [0, 0.05) is 11.2 Å². The summed E-state index contributed by atoms with van der Waals surface area (Å²) in [4.78, 5) is 4.12. The Morgan fingerprint density at radius 2 is 2.33 bits per heavy atom. The molecule has 1 aliphatic heterocycles. The predicted octanol–water partition coefficient (Wildman–Crippen LogP) is 3.09. The summed E-state index contributed by atoms with van der Waals surface area (Å²) in [5.41, 5.74) is 2.33.